The number of hydrogen-bond donors (Lipinski definition) is 1. The molecule has 0 aromatic rings. The van der Waals surface area contributed by atoms with Gasteiger partial charge in [0.25, 0.3) is 0 Å². The molecule has 5 heteroatoms. The van der Waals surface area contributed by atoms with Crippen LogP contribution in [0, 0.1) is 0 Å². The lowest BCUT2D eigenvalue weighted by Crippen LogP contribution is -2.54. The van der Waals surface area contributed by atoms with E-state index in [-0.39, 0.29) is 0 Å². The number of aliphatic hydroxyl groups excluding tert-OH is 1. The first-order valence-corrected chi connectivity index (χ1v) is 12.5. The summed E-state index contributed by atoms with van der Waals surface area (Å²) in [4.78, 5) is 0. The van der Waals surface area contributed by atoms with Crippen LogP contribution in [0.15, 0.2) is 24.8 Å². The average molecular weight is 399 g/mol. The fourth-order valence-electron chi connectivity index (χ4n) is 4.75. The van der Waals surface area contributed by atoms with Gasteiger partial charge < -0.3 is 19.0 Å². The molecule has 0 spiro atoms. The van der Waals surface area contributed by atoms with Crippen LogP contribution in [0.5, 0.6) is 0 Å². The largest absolute Gasteiger partial charge is 0.412 e. The first-order chi connectivity index (χ1) is 12.4. The van der Waals surface area contributed by atoms with Crippen LogP contribution in [0.2, 0.25) is 16.6 Å². The Morgan fingerprint density at radius 1 is 1.11 bits per heavy atom. The molecule has 0 aromatic carbocycles. The van der Waals surface area contributed by atoms with Crippen LogP contribution in [0.4, 0.5) is 0 Å². The van der Waals surface area contributed by atoms with E-state index in [1.807, 2.05) is 26.0 Å². The van der Waals surface area contributed by atoms with E-state index >= 15 is 0 Å². The highest BCUT2D eigenvalue weighted by molar-refractivity contribution is 6.77. The Bertz CT molecular complexity index is 477. The molecule has 1 rings (SSSR count). The molecule has 0 aromatic heterocycles. The Hall–Kier alpha value is -0.463. The number of rotatable bonds is 10. The van der Waals surface area contributed by atoms with Gasteiger partial charge in [-0.25, -0.2) is 0 Å². The molecular weight excluding hydrogens is 356 g/mol. The molecule has 158 valence electrons. The minimum atomic E-state index is -1.90. The molecule has 1 N–H and O–H groups in total. The standard InChI is InChI=1S/C22H42O4Si/c1-10-12-20(23)22(14-16-24-21(8,9)26-22)13-11-15-25-27(17(2)3,18(4)5)19(6)7/h10-11,13,17-20,23H,1,12,14-16H2,2-9H3/b13-11+/t20-,22+/m1/s1. The van der Waals surface area contributed by atoms with Gasteiger partial charge in [-0.2, -0.15) is 0 Å². The highest BCUT2D eigenvalue weighted by Crippen LogP contribution is 2.42. The van der Waals surface area contributed by atoms with Crippen LogP contribution in [0.25, 0.3) is 0 Å². The van der Waals surface area contributed by atoms with Gasteiger partial charge in [0.15, 0.2) is 5.79 Å². The van der Waals surface area contributed by atoms with Gasteiger partial charge in [-0.05, 0) is 36.9 Å². The molecule has 0 amide bonds. The molecule has 27 heavy (non-hydrogen) atoms. The van der Waals surface area contributed by atoms with E-state index in [1.54, 1.807) is 6.08 Å². The maximum Gasteiger partial charge on any atom is 0.200 e. The van der Waals surface area contributed by atoms with E-state index in [2.05, 4.69) is 48.1 Å². The van der Waals surface area contributed by atoms with E-state index in [0.29, 0.717) is 42.7 Å². The second-order valence-electron chi connectivity index (χ2n) is 9.13. The van der Waals surface area contributed by atoms with Crippen LogP contribution in [-0.4, -0.2) is 44.1 Å². The van der Waals surface area contributed by atoms with E-state index in [9.17, 15) is 5.11 Å². The van der Waals surface area contributed by atoms with Crippen molar-refractivity contribution >= 4 is 8.32 Å². The fraction of sp³-hybridized carbons (Fsp3) is 0.818. The second-order valence-corrected chi connectivity index (χ2v) is 14.6. The van der Waals surface area contributed by atoms with Crippen LogP contribution in [-0.2, 0) is 13.9 Å². The topological polar surface area (TPSA) is 47.9 Å². The first kappa shape index (κ1) is 24.6. The number of aliphatic hydroxyl groups is 1. The highest BCUT2D eigenvalue weighted by atomic mass is 28.4. The zero-order chi connectivity index (χ0) is 20.9. The lowest BCUT2D eigenvalue weighted by molar-refractivity contribution is -0.314. The third-order valence-corrected chi connectivity index (χ3v) is 11.9. The van der Waals surface area contributed by atoms with Crippen LogP contribution in [0.1, 0.15) is 68.2 Å². The van der Waals surface area contributed by atoms with Crippen molar-refractivity contribution in [3.8, 4) is 0 Å². The van der Waals surface area contributed by atoms with Crippen molar-refractivity contribution in [2.24, 2.45) is 0 Å². The van der Waals surface area contributed by atoms with Crippen LogP contribution >= 0.6 is 0 Å². The zero-order valence-corrected chi connectivity index (χ0v) is 19.7. The molecule has 0 unspecified atom stereocenters. The van der Waals surface area contributed by atoms with E-state index in [0.717, 1.165) is 0 Å². The predicted octanol–water partition coefficient (Wildman–Crippen LogP) is 5.58. The van der Waals surface area contributed by atoms with Crippen molar-refractivity contribution in [1.82, 2.24) is 0 Å². The lowest BCUT2D eigenvalue weighted by atomic mass is 9.88. The second kappa shape index (κ2) is 9.84. The lowest BCUT2D eigenvalue weighted by Gasteiger charge is -2.46. The van der Waals surface area contributed by atoms with Crippen LogP contribution in [0.3, 0.4) is 0 Å². The summed E-state index contributed by atoms with van der Waals surface area (Å²) < 4.78 is 18.5. The Morgan fingerprint density at radius 2 is 1.67 bits per heavy atom. The molecule has 0 radical (unpaired) electrons. The molecule has 0 aliphatic carbocycles. The fourth-order valence-corrected chi connectivity index (χ4v) is 10.1. The summed E-state index contributed by atoms with van der Waals surface area (Å²) in [6, 6.07) is 0. The Kier molecular flexibility index (Phi) is 8.95. The summed E-state index contributed by atoms with van der Waals surface area (Å²) in [6.07, 6.45) is 6.19. The van der Waals surface area contributed by atoms with Crippen molar-refractivity contribution in [3.05, 3.63) is 24.8 Å². The minimum Gasteiger partial charge on any atom is -0.412 e. The number of ether oxygens (including phenoxy) is 2. The van der Waals surface area contributed by atoms with E-state index in [4.69, 9.17) is 13.9 Å². The van der Waals surface area contributed by atoms with Crippen molar-refractivity contribution in [3.63, 3.8) is 0 Å². The predicted molar refractivity (Wildman–Crippen MR) is 115 cm³/mol. The van der Waals surface area contributed by atoms with Gasteiger partial charge in [0.1, 0.15) is 5.60 Å². The molecule has 4 nitrogen and oxygen atoms in total. The Balaban J connectivity index is 2.99. The highest BCUT2D eigenvalue weighted by Gasteiger charge is 2.46. The Labute approximate surface area is 168 Å². The summed E-state index contributed by atoms with van der Waals surface area (Å²) in [5, 5.41) is 10.7. The number of hydrogen-bond acceptors (Lipinski definition) is 4. The molecule has 1 fully saturated rings. The van der Waals surface area contributed by atoms with Crippen LogP contribution < -0.4 is 0 Å². The molecule has 0 saturated carbocycles. The molecule has 1 heterocycles. The summed E-state index contributed by atoms with van der Waals surface area (Å²) in [7, 11) is -1.90. The van der Waals surface area contributed by atoms with E-state index in [1.165, 1.54) is 0 Å². The van der Waals surface area contributed by atoms with Gasteiger partial charge in [-0.1, -0.05) is 59.8 Å². The molecule has 2 atom stereocenters. The van der Waals surface area contributed by atoms with Gasteiger partial charge >= 0.3 is 0 Å². The van der Waals surface area contributed by atoms with Gasteiger partial charge in [-0.3, -0.25) is 0 Å². The maximum absolute atomic E-state index is 10.7. The SMILES string of the molecule is C=CC[C@@H](O)[C@]1(/C=C/CO[Si](C(C)C)(C(C)C)C(C)C)CCOC(C)(C)O1. The summed E-state index contributed by atoms with van der Waals surface area (Å²) in [5.41, 5.74) is 0.871. The monoisotopic (exact) mass is 398 g/mol. The van der Waals surface area contributed by atoms with Crippen molar-refractivity contribution in [2.45, 2.75) is 102 Å². The summed E-state index contributed by atoms with van der Waals surface area (Å²) >= 11 is 0. The first-order valence-electron chi connectivity index (χ1n) is 10.4. The van der Waals surface area contributed by atoms with Gasteiger partial charge in [0.2, 0.25) is 8.32 Å². The molecular formula is C22H42O4Si. The molecule has 1 aliphatic rings. The van der Waals surface area contributed by atoms with Gasteiger partial charge in [-0.15, -0.1) is 6.58 Å². The normalized spacial score (nSPS) is 24.9. The quantitative estimate of drug-likeness (QED) is 0.385. The summed E-state index contributed by atoms with van der Waals surface area (Å²) in [5.74, 6) is -0.724. The van der Waals surface area contributed by atoms with Gasteiger partial charge in [0, 0.05) is 6.42 Å². The average Bonchev–Trinajstić information content (AvgIpc) is 2.53. The zero-order valence-electron chi connectivity index (χ0n) is 18.7. The summed E-state index contributed by atoms with van der Waals surface area (Å²) in [6.45, 7) is 22.4. The Morgan fingerprint density at radius 3 is 2.11 bits per heavy atom. The van der Waals surface area contributed by atoms with Crippen molar-refractivity contribution in [2.75, 3.05) is 13.2 Å². The minimum absolute atomic E-state index is 0.476. The van der Waals surface area contributed by atoms with Gasteiger partial charge in [0.05, 0.1) is 19.3 Å². The smallest absolute Gasteiger partial charge is 0.200 e. The maximum atomic E-state index is 10.7. The van der Waals surface area contributed by atoms with Crippen molar-refractivity contribution in [1.29, 1.82) is 0 Å². The molecule has 0 bridgehead atoms. The third kappa shape index (κ3) is 5.77. The third-order valence-electron chi connectivity index (χ3n) is 5.87. The molecule has 1 saturated heterocycles. The van der Waals surface area contributed by atoms with E-state index < -0.39 is 25.8 Å². The molecule has 1 aliphatic heterocycles. The van der Waals surface area contributed by atoms with Crippen molar-refractivity contribution < 1.29 is 19.0 Å².